The van der Waals surface area contributed by atoms with E-state index >= 15 is 0 Å². The molecule has 0 bridgehead atoms. The van der Waals surface area contributed by atoms with Crippen LogP contribution in [0.15, 0.2) is 66.7 Å². The van der Waals surface area contributed by atoms with E-state index < -0.39 is 47.8 Å². The number of carboxylic acid groups (broad SMARTS) is 3. The summed E-state index contributed by atoms with van der Waals surface area (Å²) in [6, 6.07) is 15.2. The number of benzene rings is 2. The minimum Gasteiger partial charge on any atom is -0.481 e. The molecule has 10 heteroatoms. The molecule has 0 unspecified atom stereocenters. The number of aliphatic hydroxyl groups is 1. The van der Waals surface area contributed by atoms with Crippen molar-refractivity contribution in [3.8, 4) is 11.1 Å². The van der Waals surface area contributed by atoms with Crippen LogP contribution in [-0.4, -0.2) is 61.7 Å². The number of hydrogen-bond acceptors (Lipinski definition) is 6. The number of carboxylic acids is 3. The van der Waals surface area contributed by atoms with Crippen molar-refractivity contribution in [2.75, 3.05) is 0 Å². The van der Waals surface area contributed by atoms with Crippen molar-refractivity contribution in [3.05, 3.63) is 72.3 Å². The second-order valence-electron chi connectivity index (χ2n) is 12.0. The Bertz CT molecular complexity index is 1320. The van der Waals surface area contributed by atoms with Gasteiger partial charge in [-0.1, -0.05) is 112 Å². The van der Waals surface area contributed by atoms with E-state index in [0.717, 1.165) is 62.1 Å². The van der Waals surface area contributed by atoms with Crippen LogP contribution in [0.3, 0.4) is 0 Å². The first-order chi connectivity index (χ1) is 22.5. The van der Waals surface area contributed by atoms with Crippen molar-refractivity contribution in [1.82, 2.24) is 5.32 Å². The van der Waals surface area contributed by atoms with Crippen molar-refractivity contribution < 1.29 is 44.4 Å². The van der Waals surface area contributed by atoms with Crippen molar-refractivity contribution in [3.63, 3.8) is 0 Å². The third-order valence-electron chi connectivity index (χ3n) is 8.17. The van der Waals surface area contributed by atoms with Gasteiger partial charge in [-0.05, 0) is 42.4 Å². The molecule has 0 saturated carbocycles. The van der Waals surface area contributed by atoms with E-state index in [9.17, 15) is 44.4 Å². The van der Waals surface area contributed by atoms with Crippen LogP contribution in [0.2, 0.25) is 0 Å². The first-order valence-corrected chi connectivity index (χ1v) is 16.5. The number of amides is 1. The molecule has 2 rings (SSSR count). The fourth-order valence-electron chi connectivity index (χ4n) is 5.39. The third-order valence-corrected chi connectivity index (χ3v) is 8.17. The van der Waals surface area contributed by atoms with E-state index in [0.29, 0.717) is 31.2 Å². The maximum Gasteiger partial charge on any atom is 0.337 e. The first-order valence-electron chi connectivity index (χ1n) is 16.5. The van der Waals surface area contributed by atoms with Crippen molar-refractivity contribution in [2.45, 2.75) is 108 Å². The Hall–Kier alpha value is -4.31. The maximum absolute atomic E-state index is 13.3. The second-order valence-corrected chi connectivity index (χ2v) is 12.0. The van der Waals surface area contributed by atoms with Crippen LogP contribution in [0.1, 0.15) is 96.0 Å². The van der Waals surface area contributed by atoms with E-state index in [4.69, 9.17) is 0 Å². The number of unbranched alkanes of at least 4 members (excludes halogenated alkanes) is 8. The van der Waals surface area contributed by atoms with Crippen LogP contribution in [0.5, 0.6) is 0 Å². The molecule has 0 aromatic heterocycles. The lowest BCUT2D eigenvalue weighted by atomic mass is 9.82. The molecule has 256 valence electrons. The van der Waals surface area contributed by atoms with E-state index in [-0.39, 0.29) is 12.2 Å². The summed E-state index contributed by atoms with van der Waals surface area (Å²) in [4.78, 5) is 61.0. The zero-order valence-corrected chi connectivity index (χ0v) is 27.2. The number of ketones is 1. The molecule has 10 nitrogen and oxygen atoms in total. The molecule has 0 aliphatic rings. The minimum atomic E-state index is -3.01. The molecule has 47 heavy (non-hydrogen) atoms. The van der Waals surface area contributed by atoms with Crippen molar-refractivity contribution in [2.24, 2.45) is 5.92 Å². The fourth-order valence-corrected chi connectivity index (χ4v) is 5.39. The lowest BCUT2D eigenvalue weighted by Gasteiger charge is -2.29. The van der Waals surface area contributed by atoms with Crippen LogP contribution in [0.25, 0.3) is 11.1 Å². The molecule has 2 aromatic carbocycles. The number of hydrogen-bond donors (Lipinski definition) is 5. The summed E-state index contributed by atoms with van der Waals surface area (Å²) in [7, 11) is 0. The standard InChI is InChI=1S/C37H49NO9/c1-2-3-4-7-13-18-30(39)19-14-8-5-6-9-15-20-31(37(47,36(45)46)26-33(40)41)34(42)38-32(35(43)44)25-27-21-23-29(24-22-27)28-16-11-10-12-17-28/h10-12,15-17,20-24,31-32,47H,2-9,13-14,18-19,25-26H2,1H3,(H,38,42)(H,40,41)(H,43,44)(H,45,46)/t31-,32+,37+/m1/s1. The predicted octanol–water partition coefficient (Wildman–Crippen LogP) is 6.20. The number of rotatable bonds is 24. The maximum atomic E-state index is 13.3. The Kier molecular flexibility index (Phi) is 17.2. The quantitative estimate of drug-likeness (QED) is 0.0653. The highest BCUT2D eigenvalue weighted by Crippen LogP contribution is 2.26. The molecule has 0 aliphatic heterocycles. The molecule has 0 aliphatic carbocycles. The summed E-state index contributed by atoms with van der Waals surface area (Å²) in [5.41, 5.74) is -0.528. The van der Waals surface area contributed by atoms with Gasteiger partial charge in [0.05, 0.1) is 12.3 Å². The van der Waals surface area contributed by atoms with Gasteiger partial charge in [0.2, 0.25) is 5.91 Å². The summed E-state index contributed by atoms with van der Waals surface area (Å²) in [6.07, 6.45) is 11.4. The molecule has 0 saturated heterocycles. The molecule has 0 spiro atoms. The summed E-state index contributed by atoms with van der Waals surface area (Å²) in [5.74, 6) is -7.64. The Morgan fingerprint density at radius 3 is 1.89 bits per heavy atom. The van der Waals surface area contributed by atoms with Gasteiger partial charge in [0.1, 0.15) is 11.8 Å². The lowest BCUT2D eigenvalue weighted by molar-refractivity contribution is -0.172. The smallest absolute Gasteiger partial charge is 0.337 e. The Morgan fingerprint density at radius 2 is 1.34 bits per heavy atom. The average Bonchev–Trinajstić information content (AvgIpc) is 3.03. The van der Waals surface area contributed by atoms with Crippen LogP contribution >= 0.6 is 0 Å². The number of allylic oxidation sites excluding steroid dienone is 1. The Balaban J connectivity index is 2.01. The predicted molar refractivity (Wildman–Crippen MR) is 179 cm³/mol. The highest BCUT2D eigenvalue weighted by molar-refractivity contribution is 5.94. The van der Waals surface area contributed by atoms with Crippen molar-refractivity contribution >= 4 is 29.6 Å². The van der Waals surface area contributed by atoms with E-state index in [1.807, 2.05) is 42.5 Å². The molecular weight excluding hydrogens is 602 g/mol. The monoisotopic (exact) mass is 651 g/mol. The summed E-state index contributed by atoms with van der Waals surface area (Å²) < 4.78 is 0. The molecule has 5 N–H and O–H groups in total. The first kappa shape index (κ1) is 38.9. The second kappa shape index (κ2) is 20.7. The van der Waals surface area contributed by atoms with E-state index in [1.165, 1.54) is 12.5 Å². The highest BCUT2D eigenvalue weighted by atomic mass is 16.4. The number of carbonyl (C=O) groups excluding carboxylic acids is 2. The van der Waals surface area contributed by atoms with Crippen LogP contribution < -0.4 is 5.32 Å². The summed E-state index contributed by atoms with van der Waals surface area (Å²) in [6.45, 7) is 2.15. The SMILES string of the molecule is CCCCCCCC(=O)CCCCCCC=C[C@H](C(=O)N[C@@H](Cc1ccc(-c2ccccc2)cc1)C(=O)O)[C@@](O)(CC(=O)O)C(=O)O. The topological polar surface area (TPSA) is 178 Å². The largest absolute Gasteiger partial charge is 0.481 e. The summed E-state index contributed by atoms with van der Waals surface area (Å²) >= 11 is 0. The Morgan fingerprint density at radius 1 is 0.766 bits per heavy atom. The van der Waals surface area contributed by atoms with Gasteiger partial charge in [-0.3, -0.25) is 14.4 Å². The fraction of sp³-hybridized carbons (Fsp3) is 0.486. The molecule has 0 radical (unpaired) electrons. The van der Waals surface area contributed by atoms with Gasteiger partial charge in [-0.15, -0.1) is 0 Å². The lowest BCUT2D eigenvalue weighted by Crippen LogP contribution is -2.55. The van der Waals surface area contributed by atoms with Gasteiger partial charge in [0.25, 0.3) is 0 Å². The third kappa shape index (κ3) is 13.9. The minimum absolute atomic E-state index is 0.127. The van der Waals surface area contributed by atoms with Gasteiger partial charge in [-0.25, -0.2) is 9.59 Å². The molecule has 0 heterocycles. The Labute approximate surface area is 276 Å². The number of nitrogens with one attached hydrogen (secondary N) is 1. The molecule has 1 amide bonds. The number of aliphatic carboxylic acids is 3. The van der Waals surface area contributed by atoms with E-state index in [2.05, 4.69) is 12.2 Å². The molecular formula is C37H49NO9. The van der Waals surface area contributed by atoms with Crippen LogP contribution in [0, 0.1) is 5.92 Å². The average molecular weight is 652 g/mol. The van der Waals surface area contributed by atoms with Crippen LogP contribution in [-0.2, 0) is 30.4 Å². The van der Waals surface area contributed by atoms with E-state index in [1.54, 1.807) is 12.1 Å². The van der Waals surface area contributed by atoms with Crippen molar-refractivity contribution in [1.29, 1.82) is 0 Å². The molecule has 2 aromatic rings. The normalized spacial score (nSPS) is 13.8. The van der Waals surface area contributed by atoms with Gasteiger partial charge < -0.3 is 25.7 Å². The zero-order valence-electron chi connectivity index (χ0n) is 27.2. The number of Topliss-reactive ketones (excluding diaryl/α,β-unsaturated/α-hetero) is 1. The van der Waals surface area contributed by atoms with Crippen LogP contribution in [0.4, 0.5) is 0 Å². The van der Waals surface area contributed by atoms with Gasteiger partial charge in [0.15, 0.2) is 5.60 Å². The number of carbonyl (C=O) groups is 5. The van der Waals surface area contributed by atoms with Gasteiger partial charge in [0, 0.05) is 19.3 Å². The van der Waals surface area contributed by atoms with Gasteiger partial charge >= 0.3 is 17.9 Å². The summed E-state index contributed by atoms with van der Waals surface area (Å²) in [5, 5.41) is 42.2. The highest BCUT2D eigenvalue weighted by Gasteiger charge is 2.49. The van der Waals surface area contributed by atoms with Gasteiger partial charge in [-0.2, -0.15) is 0 Å². The molecule has 0 fully saturated rings. The molecule has 3 atom stereocenters. The zero-order chi connectivity index (χ0) is 34.7.